The van der Waals surface area contributed by atoms with E-state index in [4.69, 9.17) is 35.4 Å². The summed E-state index contributed by atoms with van der Waals surface area (Å²) in [6.07, 6.45) is 2.26. The molecule has 1 aliphatic rings. The first-order valence-electron chi connectivity index (χ1n) is 7.61. The Morgan fingerprint density at radius 1 is 1.32 bits per heavy atom. The molecule has 2 rings (SSSR count). The highest BCUT2D eigenvalue weighted by Gasteiger charge is 2.25. The Kier molecular flexibility index (Phi) is 6.33. The molecule has 0 aromatic heterocycles. The second-order valence-corrected chi connectivity index (χ2v) is 7.26. The number of thiocarbonyl (C=S) groups is 1. The van der Waals surface area contributed by atoms with Gasteiger partial charge in [-0.2, -0.15) is 0 Å². The molecule has 3 nitrogen and oxygen atoms in total. The van der Waals surface area contributed by atoms with Gasteiger partial charge in [0.05, 0.1) is 10.7 Å². The topological polar surface area (TPSA) is 18.5 Å². The molecule has 0 saturated carbocycles. The molecule has 1 fully saturated rings. The van der Waals surface area contributed by atoms with Crippen molar-refractivity contribution < 1.29 is 0 Å². The fourth-order valence-electron chi connectivity index (χ4n) is 2.68. The zero-order valence-electron chi connectivity index (χ0n) is 13.3. The number of rotatable bonds is 3. The van der Waals surface area contributed by atoms with Gasteiger partial charge in [-0.15, -0.1) is 0 Å². The van der Waals surface area contributed by atoms with Crippen LogP contribution in [0.4, 0.5) is 5.69 Å². The van der Waals surface area contributed by atoms with Crippen LogP contribution < -0.4 is 5.32 Å². The van der Waals surface area contributed by atoms with Crippen LogP contribution in [0.1, 0.15) is 26.7 Å². The molecule has 0 bridgehead atoms. The number of nitrogens with zero attached hydrogens (tertiary/aromatic N) is 2. The van der Waals surface area contributed by atoms with E-state index in [1.165, 1.54) is 0 Å². The van der Waals surface area contributed by atoms with Gasteiger partial charge in [-0.05, 0) is 64.2 Å². The van der Waals surface area contributed by atoms with Crippen LogP contribution in [0.5, 0.6) is 0 Å². The summed E-state index contributed by atoms with van der Waals surface area (Å²) in [5.41, 5.74) is 0.803. The number of halogens is 2. The molecule has 0 atom stereocenters. The highest BCUT2D eigenvalue weighted by atomic mass is 35.5. The Labute approximate surface area is 148 Å². The van der Waals surface area contributed by atoms with Crippen molar-refractivity contribution in [3.05, 3.63) is 28.2 Å². The van der Waals surface area contributed by atoms with Crippen molar-refractivity contribution in [2.45, 2.75) is 38.8 Å². The van der Waals surface area contributed by atoms with Gasteiger partial charge in [0.25, 0.3) is 0 Å². The lowest BCUT2D eigenvalue weighted by Crippen LogP contribution is -2.48. The van der Waals surface area contributed by atoms with Crippen molar-refractivity contribution in [3.63, 3.8) is 0 Å². The summed E-state index contributed by atoms with van der Waals surface area (Å²) in [7, 11) is 2.20. The number of benzene rings is 1. The first kappa shape index (κ1) is 17.8. The van der Waals surface area contributed by atoms with Gasteiger partial charge in [0.15, 0.2) is 5.11 Å². The summed E-state index contributed by atoms with van der Waals surface area (Å²) in [5, 5.41) is 5.17. The largest absolute Gasteiger partial charge is 0.349 e. The van der Waals surface area contributed by atoms with Crippen molar-refractivity contribution in [2.24, 2.45) is 0 Å². The van der Waals surface area contributed by atoms with Crippen molar-refractivity contribution in [3.8, 4) is 0 Å². The van der Waals surface area contributed by atoms with E-state index in [1.807, 2.05) is 12.1 Å². The average Bonchev–Trinajstić information content (AvgIpc) is 2.49. The van der Waals surface area contributed by atoms with Gasteiger partial charge < -0.3 is 15.1 Å². The molecule has 0 amide bonds. The molecule has 22 heavy (non-hydrogen) atoms. The van der Waals surface area contributed by atoms with Crippen LogP contribution >= 0.6 is 35.4 Å². The molecule has 6 heteroatoms. The third-order valence-electron chi connectivity index (χ3n) is 4.31. The summed E-state index contributed by atoms with van der Waals surface area (Å²) in [4.78, 5) is 4.66. The van der Waals surface area contributed by atoms with Gasteiger partial charge in [-0.3, -0.25) is 0 Å². The smallest absolute Gasteiger partial charge is 0.173 e. The van der Waals surface area contributed by atoms with E-state index in [2.05, 4.69) is 36.0 Å². The second-order valence-electron chi connectivity index (χ2n) is 6.03. The normalized spacial score (nSPS) is 16.4. The molecule has 0 aliphatic carbocycles. The summed E-state index contributed by atoms with van der Waals surface area (Å²) in [6, 6.07) is 6.60. The van der Waals surface area contributed by atoms with Gasteiger partial charge in [0, 0.05) is 30.2 Å². The SMILES string of the molecule is CC(C)N(C)C1CCN(C(=S)Nc2ccc(Cl)cc2Cl)CC1. The van der Waals surface area contributed by atoms with E-state index in [9.17, 15) is 0 Å². The molecule has 1 aromatic carbocycles. The van der Waals surface area contributed by atoms with Gasteiger partial charge >= 0.3 is 0 Å². The van der Waals surface area contributed by atoms with Gasteiger partial charge in [0.2, 0.25) is 0 Å². The van der Waals surface area contributed by atoms with Crippen LogP contribution in [0, 0.1) is 0 Å². The number of likely N-dealkylation sites (tertiary alicyclic amines) is 1. The number of piperidine rings is 1. The van der Waals surface area contributed by atoms with E-state index >= 15 is 0 Å². The summed E-state index contributed by atoms with van der Waals surface area (Å²) in [5.74, 6) is 0. The van der Waals surface area contributed by atoms with Crippen LogP contribution in [0.3, 0.4) is 0 Å². The van der Waals surface area contributed by atoms with Crippen LogP contribution in [0.25, 0.3) is 0 Å². The maximum atomic E-state index is 6.18. The van der Waals surface area contributed by atoms with Crippen molar-refractivity contribution in [1.29, 1.82) is 0 Å². The predicted octanol–water partition coefficient (Wildman–Crippen LogP) is 4.49. The fraction of sp³-hybridized carbons (Fsp3) is 0.562. The van der Waals surface area contributed by atoms with Gasteiger partial charge in [0.1, 0.15) is 0 Å². The summed E-state index contributed by atoms with van der Waals surface area (Å²) in [6.45, 7) is 6.42. The Hall–Kier alpha value is -0.550. The minimum Gasteiger partial charge on any atom is -0.349 e. The first-order chi connectivity index (χ1) is 10.4. The Balaban J connectivity index is 1.90. The van der Waals surface area contributed by atoms with E-state index in [-0.39, 0.29) is 0 Å². The molecular formula is C16H23Cl2N3S. The third-order valence-corrected chi connectivity index (χ3v) is 5.22. The fourth-order valence-corrected chi connectivity index (χ4v) is 3.43. The Bertz CT molecular complexity index is 528. The zero-order valence-corrected chi connectivity index (χ0v) is 15.6. The lowest BCUT2D eigenvalue weighted by atomic mass is 10.0. The van der Waals surface area contributed by atoms with E-state index < -0.39 is 0 Å². The maximum absolute atomic E-state index is 6.18. The molecule has 0 spiro atoms. The Morgan fingerprint density at radius 2 is 1.95 bits per heavy atom. The molecule has 1 heterocycles. The molecule has 122 valence electrons. The molecule has 0 unspecified atom stereocenters. The molecule has 0 radical (unpaired) electrons. The minimum absolute atomic E-state index is 0.578. The predicted molar refractivity (Wildman–Crippen MR) is 100 cm³/mol. The monoisotopic (exact) mass is 359 g/mol. The third kappa shape index (κ3) is 4.48. The van der Waals surface area contributed by atoms with Gasteiger partial charge in [-0.1, -0.05) is 23.2 Å². The minimum atomic E-state index is 0.578. The van der Waals surface area contributed by atoms with Crippen LogP contribution in [0.2, 0.25) is 10.0 Å². The molecule has 1 aromatic rings. The molecule has 1 N–H and O–H groups in total. The lowest BCUT2D eigenvalue weighted by Gasteiger charge is -2.39. The average molecular weight is 360 g/mol. The van der Waals surface area contributed by atoms with Crippen molar-refractivity contribution >= 4 is 46.2 Å². The van der Waals surface area contributed by atoms with E-state index in [0.29, 0.717) is 22.1 Å². The van der Waals surface area contributed by atoms with Crippen molar-refractivity contribution in [1.82, 2.24) is 9.80 Å². The quantitative estimate of drug-likeness (QED) is 0.800. The number of hydrogen-bond donors (Lipinski definition) is 1. The summed E-state index contributed by atoms with van der Waals surface area (Å²) >= 11 is 17.6. The lowest BCUT2D eigenvalue weighted by molar-refractivity contribution is 0.136. The number of nitrogens with one attached hydrogen (secondary N) is 1. The highest BCUT2D eigenvalue weighted by Crippen LogP contribution is 2.26. The van der Waals surface area contributed by atoms with E-state index in [1.54, 1.807) is 6.07 Å². The number of anilines is 1. The van der Waals surface area contributed by atoms with Crippen LogP contribution in [0.15, 0.2) is 18.2 Å². The van der Waals surface area contributed by atoms with Crippen LogP contribution in [-0.4, -0.2) is 47.1 Å². The standard InChI is InChI=1S/C16H23Cl2N3S/c1-11(2)20(3)13-6-8-21(9-7-13)16(22)19-15-5-4-12(17)10-14(15)18/h4-5,10-11,13H,6-9H2,1-3H3,(H,19,22). The van der Waals surface area contributed by atoms with Crippen LogP contribution in [-0.2, 0) is 0 Å². The van der Waals surface area contributed by atoms with Gasteiger partial charge in [-0.25, -0.2) is 0 Å². The second kappa shape index (κ2) is 7.82. The summed E-state index contributed by atoms with van der Waals surface area (Å²) < 4.78 is 0. The molecule has 1 saturated heterocycles. The highest BCUT2D eigenvalue weighted by molar-refractivity contribution is 7.80. The maximum Gasteiger partial charge on any atom is 0.173 e. The van der Waals surface area contributed by atoms with E-state index in [0.717, 1.165) is 36.7 Å². The van der Waals surface area contributed by atoms with Crippen molar-refractivity contribution in [2.75, 3.05) is 25.5 Å². The molecule has 1 aliphatic heterocycles. The number of hydrogen-bond acceptors (Lipinski definition) is 2. The Morgan fingerprint density at radius 3 is 2.50 bits per heavy atom. The first-order valence-corrected chi connectivity index (χ1v) is 8.78. The molecular weight excluding hydrogens is 337 g/mol. The zero-order chi connectivity index (χ0) is 16.3.